The van der Waals surface area contributed by atoms with E-state index in [-0.39, 0.29) is 6.54 Å². The van der Waals surface area contributed by atoms with Crippen molar-refractivity contribution in [2.24, 2.45) is 7.05 Å². The molecule has 0 aromatic carbocycles. The van der Waals surface area contributed by atoms with Crippen molar-refractivity contribution in [3.05, 3.63) is 11.4 Å². The van der Waals surface area contributed by atoms with Gasteiger partial charge in [-0.25, -0.2) is 0 Å². The van der Waals surface area contributed by atoms with Gasteiger partial charge in [-0.3, -0.25) is 14.3 Å². The number of aliphatic hydroxyl groups excluding tert-OH is 1. The van der Waals surface area contributed by atoms with E-state index in [9.17, 15) is 9.59 Å². The van der Waals surface area contributed by atoms with Crippen molar-refractivity contribution in [3.8, 4) is 0 Å². The molecule has 0 aliphatic heterocycles. The lowest BCUT2D eigenvalue weighted by atomic mass is 10.3. The summed E-state index contributed by atoms with van der Waals surface area (Å²) in [4.78, 5) is 23.0. The van der Waals surface area contributed by atoms with Crippen molar-refractivity contribution in [1.29, 1.82) is 0 Å². The molecule has 1 aromatic rings. The van der Waals surface area contributed by atoms with Crippen LogP contribution in [0.3, 0.4) is 0 Å². The summed E-state index contributed by atoms with van der Waals surface area (Å²) in [6.07, 6.45) is -0.691. The Morgan fingerprint density at radius 1 is 1.39 bits per heavy atom. The number of carbonyl (C=O) groups is 2. The molecule has 1 unspecified atom stereocenters. The van der Waals surface area contributed by atoms with Gasteiger partial charge in [0.05, 0.1) is 23.2 Å². The Bertz CT molecular complexity index is 465. The molecule has 18 heavy (non-hydrogen) atoms. The average Bonchev–Trinajstić information content (AvgIpc) is 2.52. The molecule has 0 saturated heterocycles. The van der Waals surface area contributed by atoms with Crippen molar-refractivity contribution in [1.82, 2.24) is 15.1 Å². The Morgan fingerprint density at radius 2 is 2.00 bits per heavy atom. The summed E-state index contributed by atoms with van der Waals surface area (Å²) in [5.74, 6) is -1.55. The van der Waals surface area contributed by atoms with E-state index in [1.54, 1.807) is 25.6 Å². The highest BCUT2D eigenvalue weighted by Gasteiger charge is 2.18. The Kier molecular flexibility index (Phi) is 4.43. The van der Waals surface area contributed by atoms with Crippen LogP contribution < -0.4 is 10.6 Å². The number of rotatable bonds is 3. The highest BCUT2D eigenvalue weighted by atomic mass is 16.3. The Labute approximate surface area is 105 Å². The first kappa shape index (κ1) is 14.2. The van der Waals surface area contributed by atoms with Gasteiger partial charge in [0.15, 0.2) is 0 Å². The second-order valence-corrected chi connectivity index (χ2v) is 4.18. The van der Waals surface area contributed by atoms with Gasteiger partial charge in [-0.15, -0.1) is 0 Å². The third-order valence-electron chi connectivity index (χ3n) is 2.51. The van der Waals surface area contributed by atoms with Crippen LogP contribution in [0.4, 0.5) is 5.69 Å². The number of aromatic nitrogens is 2. The van der Waals surface area contributed by atoms with Crippen LogP contribution >= 0.6 is 0 Å². The minimum absolute atomic E-state index is 0.0389. The standard InChI is InChI=1S/C11H18N4O3/c1-6(16)5-12-10(17)11(18)13-9-7(2)14-15(4)8(9)3/h6,16H,5H2,1-4H3,(H,12,17)(H,13,18). The predicted molar refractivity (Wildman–Crippen MR) is 66.0 cm³/mol. The zero-order valence-corrected chi connectivity index (χ0v) is 10.9. The quantitative estimate of drug-likeness (QED) is 0.632. The minimum atomic E-state index is -0.779. The minimum Gasteiger partial charge on any atom is -0.392 e. The lowest BCUT2D eigenvalue weighted by Gasteiger charge is -2.08. The molecule has 0 aliphatic rings. The summed E-state index contributed by atoms with van der Waals surface area (Å²) in [5.41, 5.74) is 1.95. The van der Waals surface area contributed by atoms with Gasteiger partial charge in [-0.1, -0.05) is 0 Å². The molecule has 1 aromatic heterocycles. The number of anilines is 1. The maximum absolute atomic E-state index is 11.6. The second kappa shape index (κ2) is 5.63. The first-order valence-corrected chi connectivity index (χ1v) is 5.60. The maximum Gasteiger partial charge on any atom is 0.313 e. The Morgan fingerprint density at radius 3 is 2.44 bits per heavy atom. The average molecular weight is 254 g/mol. The second-order valence-electron chi connectivity index (χ2n) is 4.18. The van der Waals surface area contributed by atoms with Gasteiger partial charge in [0, 0.05) is 13.6 Å². The van der Waals surface area contributed by atoms with Crippen molar-refractivity contribution < 1.29 is 14.7 Å². The highest BCUT2D eigenvalue weighted by molar-refractivity contribution is 6.39. The molecule has 0 bridgehead atoms. The van der Waals surface area contributed by atoms with Crippen LogP contribution in [0.15, 0.2) is 0 Å². The fourth-order valence-electron chi connectivity index (χ4n) is 1.45. The largest absolute Gasteiger partial charge is 0.392 e. The first-order valence-electron chi connectivity index (χ1n) is 5.60. The summed E-state index contributed by atoms with van der Waals surface area (Å²) < 4.78 is 1.62. The number of amides is 2. The number of aliphatic hydroxyl groups is 1. The van der Waals surface area contributed by atoms with Gasteiger partial charge in [-0.2, -0.15) is 5.10 Å². The molecule has 100 valence electrons. The van der Waals surface area contributed by atoms with Crippen molar-refractivity contribution in [2.45, 2.75) is 26.9 Å². The number of hydrogen-bond acceptors (Lipinski definition) is 4. The topological polar surface area (TPSA) is 96.2 Å². The summed E-state index contributed by atoms with van der Waals surface area (Å²) in [6, 6.07) is 0. The van der Waals surface area contributed by atoms with Gasteiger partial charge in [-0.05, 0) is 20.8 Å². The zero-order chi connectivity index (χ0) is 13.9. The van der Waals surface area contributed by atoms with Crippen LogP contribution in [0.1, 0.15) is 18.3 Å². The van der Waals surface area contributed by atoms with Gasteiger partial charge >= 0.3 is 11.8 Å². The van der Waals surface area contributed by atoms with Crippen LogP contribution in [0.5, 0.6) is 0 Å². The van der Waals surface area contributed by atoms with Crippen LogP contribution in [0, 0.1) is 13.8 Å². The van der Waals surface area contributed by atoms with E-state index >= 15 is 0 Å². The van der Waals surface area contributed by atoms with Gasteiger partial charge in [0.25, 0.3) is 0 Å². The van der Waals surface area contributed by atoms with Gasteiger partial charge in [0.1, 0.15) is 0 Å². The number of carbonyl (C=O) groups excluding carboxylic acids is 2. The van der Waals surface area contributed by atoms with Crippen molar-refractivity contribution in [3.63, 3.8) is 0 Å². The van der Waals surface area contributed by atoms with Gasteiger partial charge in [0.2, 0.25) is 0 Å². The smallest absolute Gasteiger partial charge is 0.313 e. The molecule has 1 rings (SSSR count). The fourth-order valence-corrected chi connectivity index (χ4v) is 1.45. The molecular formula is C11H18N4O3. The Balaban J connectivity index is 2.67. The summed E-state index contributed by atoms with van der Waals surface area (Å²) in [7, 11) is 1.76. The molecule has 0 aliphatic carbocycles. The SMILES string of the molecule is Cc1nn(C)c(C)c1NC(=O)C(=O)NCC(C)O. The summed E-state index contributed by atoms with van der Waals surface area (Å²) >= 11 is 0. The van der Waals surface area contributed by atoms with Crippen molar-refractivity contribution >= 4 is 17.5 Å². The molecule has 7 nitrogen and oxygen atoms in total. The molecule has 3 N–H and O–H groups in total. The van der Waals surface area contributed by atoms with E-state index in [1.165, 1.54) is 6.92 Å². The maximum atomic E-state index is 11.6. The third kappa shape index (κ3) is 3.30. The predicted octanol–water partition coefficient (Wildman–Crippen LogP) is -0.528. The van der Waals surface area contributed by atoms with E-state index in [4.69, 9.17) is 5.11 Å². The normalized spacial score (nSPS) is 12.1. The molecular weight excluding hydrogens is 236 g/mol. The highest BCUT2D eigenvalue weighted by Crippen LogP contribution is 2.17. The van der Waals surface area contributed by atoms with E-state index in [0.717, 1.165) is 5.69 Å². The molecule has 2 amide bonds. The number of nitrogens with zero attached hydrogens (tertiary/aromatic N) is 2. The number of hydrogen-bond donors (Lipinski definition) is 3. The van der Waals surface area contributed by atoms with Crippen LogP contribution in [0.2, 0.25) is 0 Å². The van der Waals surface area contributed by atoms with Crippen LogP contribution in [-0.2, 0) is 16.6 Å². The van der Waals surface area contributed by atoms with E-state index in [1.807, 2.05) is 0 Å². The van der Waals surface area contributed by atoms with E-state index < -0.39 is 17.9 Å². The molecule has 0 fully saturated rings. The monoisotopic (exact) mass is 254 g/mol. The zero-order valence-electron chi connectivity index (χ0n) is 10.9. The van der Waals surface area contributed by atoms with Crippen molar-refractivity contribution in [2.75, 3.05) is 11.9 Å². The fraction of sp³-hybridized carbons (Fsp3) is 0.545. The lowest BCUT2D eigenvalue weighted by molar-refractivity contribution is -0.136. The van der Waals surface area contributed by atoms with E-state index in [2.05, 4.69) is 15.7 Å². The molecule has 0 spiro atoms. The van der Waals surface area contributed by atoms with E-state index in [0.29, 0.717) is 11.4 Å². The van der Waals surface area contributed by atoms with Gasteiger partial charge < -0.3 is 15.7 Å². The molecule has 0 saturated carbocycles. The molecule has 7 heteroatoms. The molecule has 1 heterocycles. The molecule has 1 atom stereocenters. The molecule has 0 radical (unpaired) electrons. The summed E-state index contributed by atoms with van der Waals surface area (Å²) in [5, 5.41) is 18.0. The van der Waals surface area contributed by atoms with Crippen LogP contribution in [0.25, 0.3) is 0 Å². The Hall–Kier alpha value is -1.89. The number of aryl methyl sites for hydroxylation is 2. The lowest BCUT2D eigenvalue weighted by Crippen LogP contribution is -2.39. The first-order chi connectivity index (χ1) is 8.32. The number of nitrogens with one attached hydrogen (secondary N) is 2. The summed E-state index contributed by atoms with van der Waals surface area (Å²) in [6.45, 7) is 5.10. The van der Waals surface area contributed by atoms with Crippen LogP contribution in [-0.4, -0.2) is 39.4 Å². The third-order valence-corrected chi connectivity index (χ3v) is 2.51.